The Bertz CT molecular complexity index is 544. The molecule has 0 aliphatic carbocycles. The normalized spacial score (nSPS) is 17.6. The smallest absolute Gasteiger partial charge is 0.240 e. The molecule has 0 fully saturated rings. The van der Waals surface area contributed by atoms with Crippen LogP contribution in [-0.4, -0.2) is 25.2 Å². The highest BCUT2D eigenvalue weighted by Gasteiger charge is 2.22. The van der Waals surface area contributed by atoms with Crippen molar-refractivity contribution in [1.29, 1.82) is 0 Å². The van der Waals surface area contributed by atoms with E-state index in [2.05, 4.69) is 9.98 Å². The van der Waals surface area contributed by atoms with Gasteiger partial charge in [-0.15, -0.1) is 0 Å². The molecule has 1 aromatic heterocycles. The van der Waals surface area contributed by atoms with Gasteiger partial charge < -0.3 is 0 Å². The summed E-state index contributed by atoms with van der Waals surface area (Å²) in [6.07, 6.45) is 3.28. The molecule has 2 rings (SSSR count). The summed E-state index contributed by atoms with van der Waals surface area (Å²) in [5, 5.41) is 0. The van der Waals surface area contributed by atoms with E-state index in [1.54, 1.807) is 6.07 Å². The largest absolute Gasteiger partial charge is 0.259 e. The number of hydrogen-bond acceptors (Lipinski definition) is 5. The number of nitrogens with zero attached hydrogens (tertiary/aromatic N) is 2. The minimum absolute atomic E-state index is 0.0163. The minimum Gasteiger partial charge on any atom is -0.259 e. The van der Waals surface area contributed by atoms with Crippen LogP contribution in [0.2, 0.25) is 0 Å². The number of carbonyl (C=O) groups excluding carboxylic acids is 1. The average molecular weight is 224 g/mol. The number of sulfone groups is 1. The highest BCUT2D eigenvalue weighted by molar-refractivity contribution is 7.90. The molecule has 0 unspecified atom stereocenters. The molecule has 0 radical (unpaired) electrons. The average Bonchev–Trinajstić information content (AvgIpc) is 2.16. The van der Waals surface area contributed by atoms with Crippen LogP contribution in [0.3, 0.4) is 0 Å². The van der Waals surface area contributed by atoms with E-state index in [9.17, 15) is 13.2 Å². The van der Waals surface area contributed by atoms with Crippen molar-refractivity contribution in [2.24, 2.45) is 4.99 Å². The third-order valence-electron chi connectivity index (χ3n) is 2.25. The van der Waals surface area contributed by atoms with Crippen LogP contribution in [0.25, 0.3) is 0 Å². The van der Waals surface area contributed by atoms with Gasteiger partial charge in [-0.25, -0.2) is 13.2 Å². The van der Waals surface area contributed by atoms with Crippen LogP contribution in [0.5, 0.6) is 0 Å². The standard InChI is InChI=1S/C9H8N2O3S/c12-6-11-8-3-7-5-15(13,14)2-1-9(7)10-4-8/h3-4H,1-2,5H2. The first-order valence-corrected chi connectivity index (χ1v) is 6.19. The highest BCUT2D eigenvalue weighted by atomic mass is 32.2. The molecule has 0 aromatic carbocycles. The van der Waals surface area contributed by atoms with Gasteiger partial charge in [0.2, 0.25) is 6.08 Å². The van der Waals surface area contributed by atoms with Gasteiger partial charge >= 0.3 is 0 Å². The molecule has 1 aromatic rings. The number of rotatable bonds is 1. The molecule has 0 spiro atoms. The number of aromatic nitrogens is 1. The molecule has 2 heterocycles. The molecule has 0 N–H and O–H groups in total. The summed E-state index contributed by atoms with van der Waals surface area (Å²) in [6, 6.07) is 1.57. The second-order valence-electron chi connectivity index (χ2n) is 3.34. The van der Waals surface area contributed by atoms with E-state index in [1.165, 1.54) is 12.3 Å². The maximum atomic E-state index is 11.3. The third-order valence-corrected chi connectivity index (χ3v) is 3.82. The molecule has 5 nitrogen and oxygen atoms in total. The maximum absolute atomic E-state index is 11.3. The predicted molar refractivity (Wildman–Crippen MR) is 53.2 cm³/mol. The van der Waals surface area contributed by atoms with Crippen molar-refractivity contribution in [1.82, 2.24) is 4.98 Å². The number of fused-ring (bicyclic) bond motifs is 1. The van der Waals surface area contributed by atoms with Gasteiger partial charge in [0.25, 0.3) is 0 Å². The maximum Gasteiger partial charge on any atom is 0.240 e. The molecule has 1 aliphatic heterocycles. The Kier molecular flexibility index (Phi) is 2.38. The van der Waals surface area contributed by atoms with Crippen molar-refractivity contribution in [3.05, 3.63) is 23.5 Å². The van der Waals surface area contributed by atoms with Crippen LogP contribution < -0.4 is 0 Å². The van der Waals surface area contributed by atoms with Gasteiger partial charge in [-0.1, -0.05) is 0 Å². The highest BCUT2D eigenvalue weighted by Crippen LogP contribution is 2.22. The molecule has 15 heavy (non-hydrogen) atoms. The first kappa shape index (κ1) is 10.0. The zero-order chi connectivity index (χ0) is 10.9. The van der Waals surface area contributed by atoms with Crippen molar-refractivity contribution in [2.45, 2.75) is 12.2 Å². The van der Waals surface area contributed by atoms with Crippen LogP contribution >= 0.6 is 0 Å². The van der Waals surface area contributed by atoms with Crippen molar-refractivity contribution >= 4 is 21.6 Å². The van der Waals surface area contributed by atoms with Gasteiger partial charge in [-0.05, 0) is 11.6 Å². The van der Waals surface area contributed by atoms with Crippen molar-refractivity contribution in [3.8, 4) is 0 Å². The first-order chi connectivity index (χ1) is 7.11. The van der Waals surface area contributed by atoms with Crippen LogP contribution in [-0.2, 0) is 26.8 Å². The van der Waals surface area contributed by atoms with Gasteiger partial charge in [0.1, 0.15) is 0 Å². The molecule has 0 bridgehead atoms. The lowest BCUT2D eigenvalue weighted by molar-refractivity contribution is 0.565. The summed E-state index contributed by atoms with van der Waals surface area (Å²) >= 11 is 0. The van der Waals surface area contributed by atoms with E-state index in [4.69, 9.17) is 0 Å². The monoisotopic (exact) mass is 224 g/mol. The zero-order valence-corrected chi connectivity index (χ0v) is 8.62. The fraction of sp³-hybridized carbons (Fsp3) is 0.333. The van der Waals surface area contributed by atoms with Crippen molar-refractivity contribution in [3.63, 3.8) is 0 Å². The van der Waals surface area contributed by atoms with Gasteiger partial charge in [0.05, 0.1) is 23.4 Å². The molecule has 78 valence electrons. The van der Waals surface area contributed by atoms with Gasteiger partial charge in [0, 0.05) is 12.1 Å². The predicted octanol–water partition coefficient (Wildman–Crippen LogP) is 0.520. The van der Waals surface area contributed by atoms with E-state index in [0.717, 1.165) is 5.69 Å². The fourth-order valence-electron chi connectivity index (χ4n) is 1.55. The molecular weight excluding hydrogens is 216 g/mol. The second-order valence-corrected chi connectivity index (χ2v) is 5.53. The molecule has 0 amide bonds. The summed E-state index contributed by atoms with van der Waals surface area (Å²) in [5.74, 6) is 0.126. The SMILES string of the molecule is O=C=Nc1cnc2c(c1)CS(=O)(=O)CC2. The van der Waals surface area contributed by atoms with Crippen molar-refractivity contribution in [2.75, 3.05) is 5.75 Å². The fourth-order valence-corrected chi connectivity index (χ4v) is 2.92. The van der Waals surface area contributed by atoms with E-state index >= 15 is 0 Å². The number of aliphatic imine (C=N–C) groups is 1. The van der Waals surface area contributed by atoms with Gasteiger partial charge in [0.15, 0.2) is 9.84 Å². The summed E-state index contributed by atoms with van der Waals surface area (Å²) < 4.78 is 22.7. The molecule has 1 aliphatic rings. The number of pyridine rings is 1. The summed E-state index contributed by atoms with van der Waals surface area (Å²) in [6.45, 7) is 0. The second kappa shape index (κ2) is 3.56. The number of aryl methyl sites for hydroxylation is 1. The van der Waals surface area contributed by atoms with E-state index < -0.39 is 9.84 Å². The number of hydrogen-bond donors (Lipinski definition) is 0. The zero-order valence-electron chi connectivity index (χ0n) is 7.80. The van der Waals surface area contributed by atoms with Crippen LogP contribution in [0.1, 0.15) is 11.3 Å². The van der Waals surface area contributed by atoms with Gasteiger partial charge in [-0.3, -0.25) is 4.98 Å². The first-order valence-electron chi connectivity index (χ1n) is 4.37. The van der Waals surface area contributed by atoms with Crippen LogP contribution in [0, 0.1) is 0 Å². The van der Waals surface area contributed by atoms with Crippen molar-refractivity contribution < 1.29 is 13.2 Å². The van der Waals surface area contributed by atoms with Crippen LogP contribution in [0.4, 0.5) is 5.69 Å². The van der Waals surface area contributed by atoms with E-state index in [0.29, 0.717) is 17.7 Å². The quantitative estimate of drug-likeness (QED) is 0.514. The lowest BCUT2D eigenvalue weighted by Gasteiger charge is -2.14. The van der Waals surface area contributed by atoms with E-state index in [1.807, 2.05) is 0 Å². The molecule has 0 atom stereocenters. The lowest BCUT2D eigenvalue weighted by Crippen LogP contribution is -2.19. The Labute approximate surface area is 86.8 Å². The summed E-state index contributed by atoms with van der Waals surface area (Å²) in [7, 11) is -3.01. The molecular formula is C9H8N2O3S. The number of isocyanates is 1. The van der Waals surface area contributed by atoms with E-state index in [-0.39, 0.29) is 11.5 Å². The Balaban J connectivity index is 2.47. The van der Waals surface area contributed by atoms with Crippen LogP contribution in [0.15, 0.2) is 17.3 Å². The molecule has 6 heteroatoms. The summed E-state index contributed by atoms with van der Waals surface area (Å²) in [5.41, 5.74) is 1.76. The summed E-state index contributed by atoms with van der Waals surface area (Å²) in [4.78, 5) is 17.5. The Morgan fingerprint density at radius 1 is 1.47 bits per heavy atom. The Hall–Kier alpha value is -1.52. The topological polar surface area (TPSA) is 76.5 Å². The lowest BCUT2D eigenvalue weighted by atomic mass is 10.1. The minimum atomic E-state index is -3.01. The molecule has 0 saturated heterocycles. The third kappa shape index (κ3) is 2.11. The molecule has 0 saturated carbocycles. The Morgan fingerprint density at radius 2 is 2.27 bits per heavy atom. The van der Waals surface area contributed by atoms with Gasteiger partial charge in [-0.2, -0.15) is 4.99 Å². The Morgan fingerprint density at radius 3 is 3.00 bits per heavy atom.